The van der Waals surface area contributed by atoms with Crippen molar-refractivity contribution in [2.75, 3.05) is 5.32 Å². The zero-order chi connectivity index (χ0) is 13.0. The Hall–Kier alpha value is -1.79. The molecule has 1 N–H and O–H groups in total. The van der Waals surface area contributed by atoms with Gasteiger partial charge in [-0.05, 0) is 43.2 Å². The Labute approximate surface area is 112 Å². The molecule has 2 rings (SSSR count). The number of nitriles is 1. The molecule has 0 saturated heterocycles. The standard InChI is InChI=1S/C15H16N2S/c1-11-9-14(12(2)18-11)10-17-15-5-3-13(4-6-15)7-8-16/h3-6,9,17H,7,10H2,1-2H3. The zero-order valence-corrected chi connectivity index (χ0v) is 11.5. The predicted molar refractivity (Wildman–Crippen MR) is 76.9 cm³/mol. The quantitative estimate of drug-likeness (QED) is 0.896. The highest BCUT2D eigenvalue weighted by Crippen LogP contribution is 2.21. The second kappa shape index (κ2) is 5.70. The Morgan fingerprint density at radius 1 is 1.22 bits per heavy atom. The van der Waals surface area contributed by atoms with E-state index >= 15 is 0 Å². The van der Waals surface area contributed by atoms with E-state index in [9.17, 15) is 0 Å². The van der Waals surface area contributed by atoms with Crippen LogP contribution in [0.3, 0.4) is 0 Å². The zero-order valence-electron chi connectivity index (χ0n) is 10.7. The second-order valence-electron chi connectivity index (χ2n) is 4.32. The fourth-order valence-corrected chi connectivity index (χ4v) is 2.83. The van der Waals surface area contributed by atoms with E-state index in [4.69, 9.17) is 5.26 Å². The van der Waals surface area contributed by atoms with Gasteiger partial charge in [-0.2, -0.15) is 5.26 Å². The van der Waals surface area contributed by atoms with Crippen LogP contribution in [-0.2, 0) is 13.0 Å². The third-order valence-electron chi connectivity index (χ3n) is 2.86. The van der Waals surface area contributed by atoms with E-state index in [1.54, 1.807) is 0 Å². The van der Waals surface area contributed by atoms with Gasteiger partial charge in [0.25, 0.3) is 0 Å². The molecule has 2 nitrogen and oxygen atoms in total. The summed E-state index contributed by atoms with van der Waals surface area (Å²) < 4.78 is 0. The fourth-order valence-electron chi connectivity index (χ4n) is 1.89. The molecular formula is C15H16N2S. The van der Waals surface area contributed by atoms with Crippen molar-refractivity contribution in [3.63, 3.8) is 0 Å². The summed E-state index contributed by atoms with van der Waals surface area (Å²) in [5.41, 5.74) is 3.52. The van der Waals surface area contributed by atoms with Gasteiger partial charge in [0.1, 0.15) is 0 Å². The first-order valence-corrected chi connectivity index (χ1v) is 6.76. The summed E-state index contributed by atoms with van der Waals surface area (Å²) in [6, 6.07) is 12.4. The van der Waals surface area contributed by atoms with Crippen molar-refractivity contribution < 1.29 is 0 Å². The van der Waals surface area contributed by atoms with Crippen LogP contribution in [0.5, 0.6) is 0 Å². The van der Waals surface area contributed by atoms with Gasteiger partial charge in [-0.25, -0.2) is 0 Å². The van der Waals surface area contributed by atoms with Crippen LogP contribution >= 0.6 is 11.3 Å². The first kappa shape index (κ1) is 12.7. The number of benzene rings is 1. The summed E-state index contributed by atoms with van der Waals surface area (Å²) in [5.74, 6) is 0. The first-order chi connectivity index (χ1) is 8.69. The third kappa shape index (κ3) is 3.12. The number of hydrogen-bond acceptors (Lipinski definition) is 3. The molecule has 0 atom stereocenters. The van der Waals surface area contributed by atoms with E-state index in [2.05, 4.69) is 31.3 Å². The van der Waals surface area contributed by atoms with Crippen LogP contribution in [0.2, 0.25) is 0 Å². The SMILES string of the molecule is Cc1cc(CNc2ccc(CC#N)cc2)c(C)s1. The highest BCUT2D eigenvalue weighted by Gasteiger charge is 2.02. The number of nitrogens with one attached hydrogen (secondary N) is 1. The summed E-state index contributed by atoms with van der Waals surface area (Å²) in [6.07, 6.45) is 0.475. The maximum absolute atomic E-state index is 8.61. The van der Waals surface area contributed by atoms with Gasteiger partial charge in [0, 0.05) is 22.0 Å². The lowest BCUT2D eigenvalue weighted by Gasteiger charge is -2.06. The van der Waals surface area contributed by atoms with Gasteiger partial charge in [-0.3, -0.25) is 0 Å². The lowest BCUT2D eigenvalue weighted by molar-refractivity contribution is 1.14. The first-order valence-electron chi connectivity index (χ1n) is 5.94. The molecule has 0 amide bonds. The molecule has 0 unspecified atom stereocenters. The Morgan fingerprint density at radius 3 is 2.50 bits per heavy atom. The van der Waals surface area contributed by atoms with Crippen LogP contribution in [0.4, 0.5) is 5.69 Å². The largest absolute Gasteiger partial charge is 0.381 e. The number of hydrogen-bond donors (Lipinski definition) is 1. The van der Waals surface area contributed by atoms with Crippen LogP contribution in [0.1, 0.15) is 20.9 Å². The molecule has 3 heteroatoms. The van der Waals surface area contributed by atoms with Crippen molar-refractivity contribution in [2.24, 2.45) is 0 Å². The molecule has 0 aliphatic rings. The fraction of sp³-hybridized carbons (Fsp3) is 0.267. The Bertz CT molecular complexity index is 561. The average Bonchev–Trinajstić information content (AvgIpc) is 2.67. The van der Waals surface area contributed by atoms with Crippen molar-refractivity contribution in [1.29, 1.82) is 5.26 Å². The molecule has 0 saturated carbocycles. The minimum absolute atomic E-state index is 0.475. The molecule has 18 heavy (non-hydrogen) atoms. The van der Waals surface area contributed by atoms with Crippen molar-refractivity contribution in [2.45, 2.75) is 26.8 Å². The maximum atomic E-state index is 8.61. The normalized spacial score (nSPS) is 10.1. The molecule has 0 aliphatic carbocycles. The summed E-state index contributed by atoms with van der Waals surface area (Å²) in [7, 11) is 0. The molecule has 1 aromatic carbocycles. The van der Waals surface area contributed by atoms with Gasteiger partial charge in [0.2, 0.25) is 0 Å². The van der Waals surface area contributed by atoms with Crippen LogP contribution in [0.15, 0.2) is 30.3 Å². The molecule has 0 bridgehead atoms. The third-order valence-corrected chi connectivity index (χ3v) is 3.87. The molecule has 1 heterocycles. The number of nitrogens with zero attached hydrogens (tertiary/aromatic N) is 1. The van der Waals surface area contributed by atoms with Gasteiger partial charge in [-0.1, -0.05) is 12.1 Å². The number of anilines is 1. The van der Waals surface area contributed by atoms with Crippen molar-refractivity contribution >= 4 is 17.0 Å². The minimum atomic E-state index is 0.475. The maximum Gasteiger partial charge on any atom is 0.0669 e. The second-order valence-corrected chi connectivity index (χ2v) is 5.78. The molecular weight excluding hydrogens is 240 g/mol. The smallest absolute Gasteiger partial charge is 0.0669 e. The topological polar surface area (TPSA) is 35.8 Å². The monoisotopic (exact) mass is 256 g/mol. The van der Waals surface area contributed by atoms with E-state index in [-0.39, 0.29) is 0 Å². The number of rotatable bonds is 4. The van der Waals surface area contributed by atoms with Gasteiger partial charge in [0.05, 0.1) is 12.5 Å². The Morgan fingerprint density at radius 2 is 1.94 bits per heavy atom. The van der Waals surface area contributed by atoms with Crippen molar-refractivity contribution in [1.82, 2.24) is 0 Å². The Kier molecular flexibility index (Phi) is 4.01. The predicted octanol–water partition coefficient (Wildman–Crippen LogP) is 4.04. The van der Waals surface area contributed by atoms with E-state index < -0.39 is 0 Å². The Balaban J connectivity index is 1.98. The van der Waals surface area contributed by atoms with Crippen LogP contribution in [-0.4, -0.2) is 0 Å². The molecule has 1 aromatic heterocycles. The van der Waals surface area contributed by atoms with E-state index in [1.165, 1.54) is 15.3 Å². The molecule has 0 aliphatic heterocycles. The average molecular weight is 256 g/mol. The van der Waals surface area contributed by atoms with E-state index in [0.29, 0.717) is 6.42 Å². The van der Waals surface area contributed by atoms with Gasteiger partial charge in [-0.15, -0.1) is 11.3 Å². The number of aryl methyl sites for hydroxylation is 2. The van der Waals surface area contributed by atoms with Crippen molar-refractivity contribution in [3.05, 3.63) is 51.2 Å². The van der Waals surface area contributed by atoms with E-state index in [0.717, 1.165) is 17.8 Å². The highest BCUT2D eigenvalue weighted by atomic mass is 32.1. The lowest BCUT2D eigenvalue weighted by atomic mass is 10.1. The molecule has 0 spiro atoms. The van der Waals surface area contributed by atoms with Gasteiger partial charge >= 0.3 is 0 Å². The van der Waals surface area contributed by atoms with Crippen LogP contribution in [0, 0.1) is 25.2 Å². The summed E-state index contributed by atoms with van der Waals surface area (Å²) in [4.78, 5) is 2.73. The summed E-state index contributed by atoms with van der Waals surface area (Å²) in [6.45, 7) is 5.15. The molecule has 2 aromatic rings. The summed E-state index contributed by atoms with van der Waals surface area (Å²) in [5, 5.41) is 12.0. The molecule has 92 valence electrons. The highest BCUT2D eigenvalue weighted by molar-refractivity contribution is 7.12. The lowest BCUT2D eigenvalue weighted by Crippen LogP contribution is -1.99. The van der Waals surface area contributed by atoms with Gasteiger partial charge < -0.3 is 5.32 Å². The van der Waals surface area contributed by atoms with Crippen LogP contribution in [0.25, 0.3) is 0 Å². The summed E-state index contributed by atoms with van der Waals surface area (Å²) >= 11 is 1.84. The minimum Gasteiger partial charge on any atom is -0.381 e. The number of thiophene rings is 1. The molecule has 0 radical (unpaired) electrons. The van der Waals surface area contributed by atoms with E-state index in [1.807, 2.05) is 35.6 Å². The molecule has 0 fully saturated rings. The van der Waals surface area contributed by atoms with Crippen LogP contribution < -0.4 is 5.32 Å². The van der Waals surface area contributed by atoms with Gasteiger partial charge in [0.15, 0.2) is 0 Å². The van der Waals surface area contributed by atoms with Crippen molar-refractivity contribution in [3.8, 4) is 6.07 Å².